The van der Waals surface area contributed by atoms with Gasteiger partial charge in [0.2, 0.25) is 0 Å². The summed E-state index contributed by atoms with van der Waals surface area (Å²) in [4.78, 5) is 17.4. The summed E-state index contributed by atoms with van der Waals surface area (Å²) in [5.41, 5.74) is -1.10. The van der Waals surface area contributed by atoms with Crippen LogP contribution in [-0.2, 0) is 12.6 Å². The molecule has 1 unspecified atom stereocenters. The number of fused-ring (bicyclic) bond motifs is 1. The number of hydrogen-bond acceptors (Lipinski definition) is 8. The number of benzene rings is 2. The molecule has 5 rings (SSSR count). The SMILES string of the molecule is COc1cc(OC)cc(-c2nn(-c3cc(N4CCC(C)(O)C4)ccc3C(F)(F)F)c(=O)c3c2CCN3CCO)c1. The van der Waals surface area contributed by atoms with E-state index in [1.807, 2.05) is 0 Å². The fourth-order valence-electron chi connectivity index (χ4n) is 5.45. The number of ether oxygens (including phenoxy) is 2. The zero-order valence-electron chi connectivity index (χ0n) is 22.5. The number of nitrogens with zero attached hydrogens (tertiary/aromatic N) is 4. The number of hydrogen-bond donors (Lipinski definition) is 2. The maximum atomic E-state index is 14.3. The highest BCUT2D eigenvalue weighted by atomic mass is 19.4. The molecule has 1 atom stereocenters. The van der Waals surface area contributed by atoms with Gasteiger partial charge in [0.25, 0.3) is 5.56 Å². The maximum absolute atomic E-state index is 14.3. The summed E-state index contributed by atoms with van der Waals surface area (Å²) >= 11 is 0. The Hall–Kier alpha value is -3.77. The van der Waals surface area contributed by atoms with Crippen LogP contribution in [-0.4, -0.2) is 72.6 Å². The Morgan fingerprint density at radius 1 is 1.07 bits per heavy atom. The lowest BCUT2D eigenvalue weighted by molar-refractivity contribution is -0.137. The Balaban J connectivity index is 1.78. The molecule has 0 saturated carbocycles. The first kappa shape index (κ1) is 27.8. The third-order valence-corrected chi connectivity index (χ3v) is 7.44. The Labute approximate surface area is 229 Å². The second kappa shape index (κ2) is 10.3. The van der Waals surface area contributed by atoms with E-state index >= 15 is 0 Å². The number of aromatic nitrogens is 2. The number of halogens is 3. The first-order chi connectivity index (χ1) is 19.0. The summed E-state index contributed by atoms with van der Waals surface area (Å²) in [6.45, 7) is 2.67. The van der Waals surface area contributed by atoms with Crippen LogP contribution >= 0.6 is 0 Å². The zero-order chi connectivity index (χ0) is 28.8. The van der Waals surface area contributed by atoms with Gasteiger partial charge in [0, 0.05) is 49.1 Å². The van der Waals surface area contributed by atoms with Gasteiger partial charge in [-0.25, -0.2) is 0 Å². The van der Waals surface area contributed by atoms with E-state index in [2.05, 4.69) is 5.10 Å². The minimum absolute atomic E-state index is 0.141. The summed E-state index contributed by atoms with van der Waals surface area (Å²) in [5.74, 6) is 0.902. The van der Waals surface area contributed by atoms with Crippen molar-refractivity contribution in [2.24, 2.45) is 0 Å². The molecule has 3 aromatic rings. The van der Waals surface area contributed by atoms with Crippen LogP contribution in [0.2, 0.25) is 0 Å². The summed E-state index contributed by atoms with van der Waals surface area (Å²) in [6, 6.07) is 8.61. The van der Waals surface area contributed by atoms with Gasteiger partial charge in [0.15, 0.2) is 0 Å². The smallest absolute Gasteiger partial charge is 0.418 e. The molecule has 214 valence electrons. The topological polar surface area (TPSA) is 100 Å². The molecule has 0 bridgehead atoms. The second-order valence-electron chi connectivity index (χ2n) is 10.3. The Morgan fingerprint density at radius 2 is 1.77 bits per heavy atom. The standard InChI is InChI=1S/C28H31F3N4O5/c1-27(38)7-9-34(16-27)18-4-5-22(28(29,30)31)23(14-18)35-26(37)25-21(6-8-33(25)10-11-36)24(32-35)17-12-19(39-2)15-20(13-17)40-3/h4-5,12-15,36,38H,6-11,16H2,1-3H3. The molecule has 1 aromatic heterocycles. The molecule has 2 aromatic carbocycles. The number of rotatable bonds is 7. The van der Waals surface area contributed by atoms with Gasteiger partial charge >= 0.3 is 6.18 Å². The molecule has 0 aliphatic carbocycles. The number of alkyl halides is 3. The number of aliphatic hydroxyl groups excluding tert-OH is 1. The lowest BCUT2D eigenvalue weighted by atomic mass is 10.0. The fraction of sp³-hybridized carbons (Fsp3) is 0.429. The largest absolute Gasteiger partial charge is 0.497 e. The highest BCUT2D eigenvalue weighted by Crippen LogP contribution is 2.39. The van der Waals surface area contributed by atoms with Gasteiger partial charge in [0.1, 0.15) is 17.2 Å². The molecule has 0 radical (unpaired) electrons. The molecular weight excluding hydrogens is 529 g/mol. The van der Waals surface area contributed by atoms with E-state index in [4.69, 9.17) is 9.47 Å². The number of methoxy groups -OCH3 is 2. The summed E-state index contributed by atoms with van der Waals surface area (Å²) in [7, 11) is 2.97. The van der Waals surface area contributed by atoms with Gasteiger partial charge in [-0.05, 0) is 50.1 Å². The summed E-state index contributed by atoms with van der Waals surface area (Å²) in [6.07, 6.45) is -3.89. The van der Waals surface area contributed by atoms with E-state index in [0.29, 0.717) is 59.9 Å². The van der Waals surface area contributed by atoms with Crippen LogP contribution in [0.3, 0.4) is 0 Å². The first-order valence-corrected chi connectivity index (χ1v) is 12.9. The van der Waals surface area contributed by atoms with Crippen molar-refractivity contribution in [2.45, 2.75) is 31.5 Å². The van der Waals surface area contributed by atoms with E-state index < -0.39 is 28.6 Å². The third-order valence-electron chi connectivity index (χ3n) is 7.44. The predicted octanol–water partition coefficient (Wildman–Crippen LogP) is 3.25. The van der Waals surface area contributed by atoms with Gasteiger partial charge in [-0.3, -0.25) is 4.79 Å². The van der Waals surface area contributed by atoms with Crippen molar-refractivity contribution < 1.29 is 32.9 Å². The second-order valence-corrected chi connectivity index (χ2v) is 10.3. The van der Waals surface area contributed by atoms with Crippen LogP contribution < -0.4 is 24.8 Å². The molecular formula is C28H31F3N4O5. The minimum Gasteiger partial charge on any atom is -0.497 e. The van der Waals surface area contributed by atoms with E-state index in [1.54, 1.807) is 34.9 Å². The molecule has 0 amide bonds. The number of β-amino-alcohol motifs (C(OH)–C–C–N with tert-alkyl or cyclic N) is 2. The molecule has 1 fully saturated rings. The van der Waals surface area contributed by atoms with Gasteiger partial charge in [-0.1, -0.05) is 0 Å². The van der Waals surface area contributed by atoms with E-state index in [1.165, 1.54) is 26.4 Å². The normalized spacial score (nSPS) is 18.8. The van der Waals surface area contributed by atoms with Crippen LogP contribution in [0, 0.1) is 0 Å². The predicted molar refractivity (Wildman–Crippen MR) is 144 cm³/mol. The van der Waals surface area contributed by atoms with Crippen molar-refractivity contribution in [1.29, 1.82) is 0 Å². The molecule has 40 heavy (non-hydrogen) atoms. The Kier molecular flexibility index (Phi) is 7.17. The fourth-order valence-corrected chi connectivity index (χ4v) is 5.45. The van der Waals surface area contributed by atoms with Gasteiger partial charge in [-0.2, -0.15) is 23.0 Å². The molecule has 2 aliphatic heterocycles. The highest BCUT2D eigenvalue weighted by Gasteiger charge is 2.38. The highest BCUT2D eigenvalue weighted by molar-refractivity contribution is 5.75. The van der Waals surface area contributed by atoms with Crippen molar-refractivity contribution in [2.75, 3.05) is 56.8 Å². The quantitative estimate of drug-likeness (QED) is 0.455. The van der Waals surface area contributed by atoms with Gasteiger partial charge in [-0.15, -0.1) is 0 Å². The molecule has 9 nitrogen and oxygen atoms in total. The maximum Gasteiger partial charge on any atom is 0.418 e. The lowest BCUT2D eigenvalue weighted by Gasteiger charge is -2.24. The van der Waals surface area contributed by atoms with Crippen LogP contribution in [0.4, 0.5) is 24.5 Å². The third kappa shape index (κ3) is 5.08. The van der Waals surface area contributed by atoms with Crippen LogP contribution in [0.25, 0.3) is 16.9 Å². The van der Waals surface area contributed by atoms with E-state index in [0.717, 1.165) is 10.7 Å². The molecule has 2 N–H and O–H groups in total. The Morgan fingerprint density at radius 3 is 2.35 bits per heavy atom. The van der Waals surface area contributed by atoms with Crippen LogP contribution in [0.1, 0.15) is 24.5 Å². The monoisotopic (exact) mass is 560 g/mol. The van der Waals surface area contributed by atoms with Crippen LogP contribution in [0.5, 0.6) is 11.5 Å². The van der Waals surface area contributed by atoms with E-state index in [9.17, 15) is 28.2 Å². The molecule has 12 heteroatoms. The average Bonchev–Trinajstić information content (AvgIpc) is 3.51. The van der Waals surface area contributed by atoms with Crippen molar-refractivity contribution >= 4 is 11.4 Å². The molecule has 1 saturated heterocycles. The minimum atomic E-state index is -4.77. The van der Waals surface area contributed by atoms with E-state index in [-0.39, 0.29) is 25.4 Å². The zero-order valence-corrected chi connectivity index (χ0v) is 22.5. The number of anilines is 2. The van der Waals surface area contributed by atoms with Crippen molar-refractivity contribution in [1.82, 2.24) is 9.78 Å². The van der Waals surface area contributed by atoms with Crippen LogP contribution in [0.15, 0.2) is 41.2 Å². The van der Waals surface area contributed by atoms with Crippen molar-refractivity contribution in [3.8, 4) is 28.4 Å². The van der Waals surface area contributed by atoms with Crippen molar-refractivity contribution in [3.05, 3.63) is 57.9 Å². The Bertz CT molecular complexity index is 1470. The van der Waals surface area contributed by atoms with Gasteiger partial charge in [0.05, 0.1) is 43.4 Å². The summed E-state index contributed by atoms with van der Waals surface area (Å²) < 4.78 is 54.5. The average molecular weight is 561 g/mol. The molecule has 3 heterocycles. The number of aliphatic hydroxyl groups is 2. The lowest BCUT2D eigenvalue weighted by Crippen LogP contribution is -2.33. The summed E-state index contributed by atoms with van der Waals surface area (Å²) in [5, 5.41) is 24.6. The molecule has 2 aliphatic rings. The molecule has 0 spiro atoms. The van der Waals surface area contributed by atoms with Gasteiger partial charge < -0.3 is 29.5 Å². The first-order valence-electron chi connectivity index (χ1n) is 12.9. The van der Waals surface area contributed by atoms with Crippen molar-refractivity contribution in [3.63, 3.8) is 0 Å².